The van der Waals surface area contributed by atoms with Crippen molar-refractivity contribution in [2.24, 2.45) is 5.92 Å². The van der Waals surface area contributed by atoms with Gasteiger partial charge >= 0.3 is 16.4 Å². The average molecular weight is 265 g/mol. The van der Waals surface area contributed by atoms with Crippen molar-refractivity contribution < 1.29 is 22.1 Å². The molecule has 0 bridgehead atoms. The molecule has 1 rings (SSSR count). The van der Waals surface area contributed by atoms with Crippen LogP contribution in [0, 0.1) is 5.92 Å². The second kappa shape index (κ2) is 4.81. The van der Waals surface area contributed by atoms with Gasteiger partial charge < -0.3 is 4.74 Å². The van der Waals surface area contributed by atoms with Gasteiger partial charge in [0.1, 0.15) is 5.60 Å². The molecule has 1 fully saturated rings. The molecule has 6 nitrogen and oxygen atoms in total. The Balaban J connectivity index is 2.81. The van der Waals surface area contributed by atoms with E-state index < -0.39 is 22.0 Å². The molecule has 0 aromatic rings. The molecule has 0 aromatic heterocycles. The average Bonchev–Trinajstić information content (AvgIpc) is 2.14. The van der Waals surface area contributed by atoms with Gasteiger partial charge in [-0.05, 0) is 27.2 Å². The zero-order chi connectivity index (χ0) is 13.3. The van der Waals surface area contributed by atoms with E-state index in [0.717, 1.165) is 6.42 Å². The molecule has 1 saturated heterocycles. The summed E-state index contributed by atoms with van der Waals surface area (Å²) in [6, 6.07) is 0. The Morgan fingerprint density at radius 1 is 1.47 bits per heavy atom. The number of carbonyl (C=O) groups excluding carboxylic acids is 1. The van der Waals surface area contributed by atoms with Crippen molar-refractivity contribution in [2.75, 3.05) is 13.2 Å². The molecule has 100 valence electrons. The van der Waals surface area contributed by atoms with Gasteiger partial charge in [0, 0.05) is 12.5 Å². The molecule has 17 heavy (non-hydrogen) atoms. The van der Waals surface area contributed by atoms with E-state index in [-0.39, 0.29) is 19.1 Å². The van der Waals surface area contributed by atoms with Gasteiger partial charge in [-0.15, -0.1) is 0 Å². The second-order valence-electron chi connectivity index (χ2n) is 5.03. The molecule has 0 saturated carbocycles. The summed E-state index contributed by atoms with van der Waals surface area (Å²) in [7, 11) is -3.98. The van der Waals surface area contributed by atoms with E-state index in [1.165, 1.54) is 0 Å². The lowest BCUT2D eigenvalue weighted by Crippen LogP contribution is -2.48. The summed E-state index contributed by atoms with van der Waals surface area (Å²) < 4.78 is 33.6. The third-order valence-corrected chi connectivity index (χ3v) is 3.59. The largest absolute Gasteiger partial charge is 0.443 e. The van der Waals surface area contributed by atoms with E-state index in [2.05, 4.69) is 0 Å². The molecule has 1 unspecified atom stereocenters. The Bertz CT molecular complexity index is 384. The van der Waals surface area contributed by atoms with Crippen molar-refractivity contribution in [3.05, 3.63) is 0 Å². The molecule has 7 heteroatoms. The van der Waals surface area contributed by atoms with Crippen LogP contribution >= 0.6 is 0 Å². The summed E-state index contributed by atoms with van der Waals surface area (Å²) in [5, 5.41) is 0. The first-order valence-electron chi connectivity index (χ1n) is 5.56. The highest BCUT2D eigenvalue weighted by atomic mass is 32.2. The smallest absolute Gasteiger partial charge is 0.425 e. The normalized spacial score (nSPS) is 24.5. The van der Waals surface area contributed by atoms with Crippen molar-refractivity contribution in [3.8, 4) is 0 Å². The van der Waals surface area contributed by atoms with E-state index in [1.807, 2.05) is 6.92 Å². The summed E-state index contributed by atoms with van der Waals surface area (Å²) in [5.41, 5.74) is -0.730. The Morgan fingerprint density at radius 2 is 2.06 bits per heavy atom. The van der Waals surface area contributed by atoms with Gasteiger partial charge in [0.2, 0.25) is 0 Å². The third-order valence-electron chi connectivity index (χ3n) is 2.32. The van der Waals surface area contributed by atoms with Crippen molar-refractivity contribution in [2.45, 2.75) is 39.7 Å². The molecular weight excluding hydrogens is 246 g/mol. The van der Waals surface area contributed by atoms with Gasteiger partial charge in [-0.3, -0.25) is 4.18 Å². The molecule has 1 aliphatic heterocycles. The fourth-order valence-corrected chi connectivity index (χ4v) is 2.45. The van der Waals surface area contributed by atoms with Gasteiger partial charge in [0.15, 0.2) is 0 Å². The fourth-order valence-electron chi connectivity index (χ4n) is 1.35. The van der Waals surface area contributed by atoms with Crippen molar-refractivity contribution >= 4 is 16.4 Å². The number of hydrogen-bond acceptors (Lipinski definition) is 5. The minimum Gasteiger partial charge on any atom is -0.443 e. The summed E-state index contributed by atoms with van der Waals surface area (Å²) in [6.45, 7) is 7.20. The second-order valence-corrected chi connectivity index (χ2v) is 6.56. The van der Waals surface area contributed by atoms with E-state index in [9.17, 15) is 13.2 Å². The molecule has 0 radical (unpaired) electrons. The molecule has 1 aliphatic rings. The first-order valence-corrected chi connectivity index (χ1v) is 6.92. The number of nitrogens with zero attached hydrogens (tertiary/aromatic N) is 1. The van der Waals surface area contributed by atoms with Crippen LogP contribution in [-0.2, 0) is 19.2 Å². The van der Waals surface area contributed by atoms with Crippen LogP contribution in [0.3, 0.4) is 0 Å². The lowest BCUT2D eigenvalue weighted by atomic mass is 10.1. The zero-order valence-corrected chi connectivity index (χ0v) is 11.4. The maximum atomic E-state index is 11.7. The molecule has 1 amide bonds. The Hall–Kier alpha value is -0.820. The lowest BCUT2D eigenvalue weighted by Gasteiger charge is -2.32. The predicted molar refractivity (Wildman–Crippen MR) is 61.6 cm³/mol. The van der Waals surface area contributed by atoms with E-state index in [4.69, 9.17) is 8.92 Å². The molecule has 0 aliphatic carbocycles. The van der Waals surface area contributed by atoms with Crippen LogP contribution < -0.4 is 0 Å². The molecule has 1 heterocycles. The summed E-state index contributed by atoms with van der Waals surface area (Å²) >= 11 is 0. The topological polar surface area (TPSA) is 72.9 Å². The molecule has 1 atom stereocenters. The minimum atomic E-state index is -3.98. The SMILES string of the molecule is CCC1COS(=O)(=O)N(C(=O)OC(C)(C)C)C1. The van der Waals surface area contributed by atoms with E-state index in [1.54, 1.807) is 20.8 Å². The van der Waals surface area contributed by atoms with Gasteiger partial charge in [-0.25, -0.2) is 4.79 Å². The summed E-state index contributed by atoms with van der Waals surface area (Å²) in [5.74, 6) is 0.0195. The van der Waals surface area contributed by atoms with Gasteiger partial charge in [-0.2, -0.15) is 12.7 Å². The number of carbonyl (C=O) groups is 1. The minimum absolute atomic E-state index is 0.0195. The Morgan fingerprint density at radius 3 is 2.53 bits per heavy atom. The van der Waals surface area contributed by atoms with Crippen LogP contribution in [0.4, 0.5) is 4.79 Å². The molecule has 0 spiro atoms. The summed E-state index contributed by atoms with van der Waals surface area (Å²) in [6.07, 6.45) is -0.134. The number of amides is 1. The molecular formula is C10H19NO5S. The van der Waals surface area contributed by atoms with E-state index in [0.29, 0.717) is 4.31 Å². The van der Waals surface area contributed by atoms with Crippen molar-refractivity contribution in [1.29, 1.82) is 0 Å². The Labute approximate surface area is 102 Å². The third kappa shape index (κ3) is 3.85. The van der Waals surface area contributed by atoms with Crippen molar-refractivity contribution in [1.82, 2.24) is 4.31 Å². The zero-order valence-electron chi connectivity index (χ0n) is 10.6. The highest BCUT2D eigenvalue weighted by Crippen LogP contribution is 2.21. The number of rotatable bonds is 1. The first-order chi connectivity index (χ1) is 7.65. The molecule has 0 aromatic carbocycles. The highest BCUT2D eigenvalue weighted by Gasteiger charge is 2.38. The van der Waals surface area contributed by atoms with Crippen LogP contribution in [0.5, 0.6) is 0 Å². The highest BCUT2D eigenvalue weighted by molar-refractivity contribution is 7.84. The van der Waals surface area contributed by atoms with Gasteiger partial charge in [0.05, 0.1) is 6.61 Å². The lowest BCUT2D eigenvalue weighted by molar-refractivity contribution is 0.0290. The molecule has 0 N–H and O–H groups in total. The predicted octanol–water partition coefficient (Wildman–Crippen LogP) is 1.52. The van der Waals surface area contributed by atoms with Crippen LogP contribution in [0.25, 0.3) is 0 Å². The van der Waals surface area contributed by atoms with Crippen LogP contribution in [0.2, 0.25) is 0 Å². The fraction of sp³-hybridized carbons (Fsp3) is 0.900. The van der Waals surface area contributed by atoms with Crippen molar-refractivity contribution in [3.63, 3.8) is 0 Å². The summed E-state index contributed by atoms with van der Waals surface area (Å²) in [4.78, 5) is 11.7. The van der Waals surface area contributed by atoms with Crippen LogP contribution in [0.1, 0.15) is 34.1 Å². The van der Waals surface area contributed by atoms with Gasteiger partial charge in [0.25, 0.3) is 0 Å². The maximum Gasteiger partial charge on any atom is 0.425 e. The monoisotopic (exact) mass is 265 g/mol. The van der Waals surface area contributed by atoms with Gasteiger partial charge in [-0.1, -0.05) is 6.92 Å². The van der Waals surface area contributed by atoms with Crippen LogP contribution in [-0.4, -0.2) is 37.6 Å². The number of ether oxygens (including phenoxy) is 1. The van der Waals surface area contributed by atoms with E-state index >= 15 is 0 Å². The van der Waals surface area contributed by atoms with Crippen LogP contribution in [0.15, 0.2) is 0 Å². The standard InChI is InChI=1S/C10H19NO5S/c1-5-8-6-11(17(13,14)15-7-8)9(12)16-10(2,3)4/h8H,5-7H2,1-4H3. The maximum absolute atomic E-state index is 11.7. The quantitative estimate of drug-likeness (QED) is 0.718. The first kappa shape index (κ1) is 14.2. The number of hydrogen-bond donors (Lipinski definition) is 0. The Kier molecular flexibility index (Phi) is 4.03.